The Morgan fingerprint density at radius 1 is 1.50 bits per heavy atom. The molecule has 1 saturated carbocycles. The van der Waals surface area contributed by atoms with Gasteiger partial charge >= 0.3 is 0 Å². The molecular formula is C14H20N2O2. The summed E-state index contributed by atoms with van der Waals surface area (Å²) in [7, 11) is 1.59. The van der Waals surface area contributed by atoms with E-state index in [1.807, 2.05) is 25.1 Å². The number of hydrogen-bond donors (Lipinski definition) is 2. The zero-order valence-electron chi connectivity index (χ0n) is 11.1. The van der Waals surface area contributed by atoms with Crippen LogP contribution in [0.4, 0.5) is 5.69 Å². The second-order valence-corrected chi connectivity index (χ2v) is 5.21. The average molecular weight is 248 g/mol. The average Bonchev–Trinajstić information content (AvgIpc) is 3.15. The van der Waals surface area contributed by atoms with Gasteiger partial charge in [0, 0.05) is 0 Å². The number of nitrogens with one attached hydrogen (secondary N) is 1. The van der Waals surface area contributed by atoms with Crippen molar-refractivity contribution in [2.45, 2.75) is 32.2 Å². The fraction of sp³-hybridized carbons (Fsp3) is 0.500. The first-order valence-corrected chi connectivity index (χ1v) is 6.20. The molecule has 18 heavy (non-hydrogen) atoms. The first kappa shape index (κ1) is 12.9. The molecule has 1 amide bonds. The molecular weight excluding hydrogens is 228 g/mol. The normalized spacial score (nSPS) is 18.0. The summed E-state index contributed by atoms with van der Waals surface area (Å²) in [5.74, 6) is 0.816. The monoisotopic (exact) mass is 248 g/mol. The Labute approximate surface area is 108 Å². The summed E-state index contributed by atoms with van der Waals surface area (Å²) in [6.07, 6.45) is 2.07. The molecule has 1 fully saturated rings. The Hall–Kier alpha value is -1.55. The number of carbonyl (C=O) groups is 1. The van der Waals surface area contributed by atoms with Gasteiger partial charge in [-0.05, 0) is 50.3 Å². The van der Waals surface area contributed by atoms with E-state index in [4.69, 9.17) is 10.5 Å². The van der Waals surface area contributed by atoms with E-state index in [9.17, 15) is 4.79 Å². The van der Waals surface area contributed by atoms with Crippen LogP contribution in [-0.4, -0.2) is 18.6 Å². The molecule has 0 spiro atoms. The number of aryl methyl sites for hydroxylation is 1. The molecule has 0 aliphatic heterocycles. The van der Waals surface area contributed by atoms with Crippen LogP contribution in [-0.2, 0) is 4.79 Å². The van der Waals surface area contributed by atoms with E-state index >= 15 is 0 Å². The minimum Gasteiger partial charge on any atom is -0.495 e. The van der Waals surface area contributed by atoms with Crippen LogP contribution in [0.1, 0.15) is 25.3 Å². The summed E-state index contributed by atoms with van der Waals surface area (Å²) in [5, 5.41) is 2.86. The predicted octanol–water partition coefficient (Wildman–Crippen LogP) is 2.07. The fourth-order valence-corrected chi connectivity index (χ4v) is 2.03. The minimum atomic E-state index is -0.796. The third kappa shape index (κ3) is 2.48. The fourth-order valence-electron chi connectivity index (χ4n) is 2.03. The number of methoxy groups -OCH3 is 1. The van der Waals surface area contributed by atoms with Gasteiger partial charge in [0.15, 0.2) is 0 Å². The number of rotatable bonds is 4. The molecule has 1 aliphatic carbocycles. The van der Waals surface area contributed by atoms with Crippen molar-refractivity contribution in [1.82, 2.24) is 0 Å². The molecule has 0 bridgehead atoms. The number of amides is 1. The minimum absolute atomic E-state index is 0.146. The van der Waals surface area contributed by atoms with Gasteiger partial charge in [-0.1, -0.05) is 6.07 Å². The van der Waals surface area contributed by atoms with Crippen LogP contribution in [0.25, 0.3) is 0 Å². The van der Waals surface area contributed by atoms with Crippen molar-refractivity contribution in [2.24, 2.45) is 11.7 Å². The highest BCUT2D eigenvalue weighted by molar-refractivity contribution is 5.99. The topological polar surface area (TPSA) is 64.3 Å². The smallest absolute Gasteiger partial charge is 0.244 e. The van der Waals surface area contributed by atoms with Gasteiger partial charge in [-0.15, -0.1) is 0 Å². The Morgan fingerprint density at radius 3 is 2.72 bits per heavy atom. The van der Waals surface area contributed by atoms with Crippen molar-refractivity contribution in [1.29, 1.82) is 0 Å². The number of ether oxygens (including phenoxy) is 1. The van der Waals surface area contributed by atoms with Gasteiger partial charge in [-0.25, -0.2) is 0 Å². The Morgan fingerprint density at radius 2 is 2.17 bits per heavy atom. The summed E-state index contributed by atoms with van der Waals surface area (Å²) in [5.41, 5.74) is 7.04. The van der Waals surface area contributed by atoms with E-state index in [2.05, 4.69) is 5.32 Å². The van der Waals surface area contributed by atoms with Crippen LogP contribution in [0.3, 0.4) is 0 Å². The summed E-state index contributed by atoms with van der Waals surface area (Å²) in [6, 6.07) is 5.67. The highest BCUT2D eigenvalue weighted by atomic mass is 16.5. The van der Waals surface area contributed by atoms with Gasteiger partial charge in [0.25, 0.3) is 0 Å². The largest absolute Gasteiger partial charge is 0.495 e. The lowest BCUT2D eigenvalue weighted by molar-refractivity contribution is -0.121. The number of nitrogens with two attached hydrogens (primary N) is 1. The van der Waals surface area contributed by atoms with Gasteiger partial charge in [-0.2, -0.15) is 0 Å². The number of hydrogen-bond acceptors (Lipinski definition) is 3. The summed E-state index contributed by atoms with van der Waals surface area (Å²) >= 11 is 0. The van der Waals surface area contributed by atoms with Crippen molar-refractivity contribution in [3.63, 3.8) is 0 Å². The number of carbonyl (C=O) groups excluding carboxylic acids is 1. The Balaban J connectivity index is 2.16. The molecule has 1 aromatic rings. The van der Waals surface area contributed by atoms with Crippen LogP contribution in [0.5, 0.6) is 5.75 Å². The van der Waals surface area contributed by atoms with E-state index in [0.29, 0.717) is 17.4 Å². The summed E-state index contributed by atoms with van der Waals surface area (Å²) in [4.78, 5) is 12.2. The molecule has 1 unspecified atom stereocenters. The second-order valence-electron chi connectivity index (χ2n) is 5.21. The summed E-state index contributed by atoms with van der Waals surface area (Å²) < 4.78 is 5.26. The van der Waals surface area contributed by atoms with Crippen LogP contribution in [0.15, 0.2) is 18.2 Å². The lowest BCUT2D eigenvalue weighted by Crippen LogP contribution is -2.50. The van der Waals surface area contributed by atoms with Gasteiger partial charge in [0.05, 0.1) is 18.3 Å². The van der Waals surface area contributed by atoms with E-state index in [-0.39, 0.29) is 5.91 Å². The quantitative estimate of drug-likeness (QED) is 0.857. The van der Waals surface area contributed by atoms with E-state index in [1.54, 1.807) is 14.0 Å². The van der Waals surface area contributed by atoms with Crippen molar-refractivity contribution in [3.05, 3.63) is 23.8 Å². The molecule has 1 aromatic carbocycles. The van der Waals surface area contributed by atoms with Crippen molar-refractivity contribution in [3.8, 4) is 5.75 Å². The van der Waals surface area contributed by atoms with Crippen molar-refractivity contribution >= 4 is 11.6 Å². The number of benzene rings is 1. The first-order valence-electron chi connectivity index (χ1n) is 6.20. The standard InChI is InChI=1S/C14H20N2O2/c1-9-4-7-11(12(8-9)18-3)16-13(17)14(2,15)10-5-6-10/h4,7-8,10H,5-6,15H2,1-3H3,(H,16,17). The van der Waals surface area contributed by atoms with Gasteiger partial charge in [0.1, 0.15) is 5.75 Å². The molecule has 0 aromatic heterocycles. The van der Waals surface area contributed by atoms with Crippen LogP contribution < -0.4 is 15.8 Å². The highest BCUT2D eigenvalue weighted by Crippen LogP contribution is 2.39. The van der Waals surface area contributed by atoms with Crippen LogP contribution >= 0.6 is 0 Å². The van der Waals surface area contributed by atoms with E-state index in [1.165, 1.54) is 0 Å². The first-order chi connectivity index (χ1) is 8.45. The molecule has 0 heterocycles. The van der Waals surface area contributed by atoms with Crippen molar-refractivity contribution in [2.75, 3.05) is 12.4 Å². The second kappa shape index (κ2) is 4.61. The van der Waals surface area contributed by atoms with E-state index in [0.717, 1.165) is 18.4 Å². The molecule has 2 rings (SSSR count). The molecule has 0 radical (unpaired) electrons. The van der Waals surface area contributed by atoms with Gasteiger partial charge in [0.2, 0.25) is 5.91 Å². The maximum atomic E-state index is 12.2. The molecule has 1 aliphatic rings. The molecule has 4 nitrogen and oxygen atoms in total. The molecule has 4 heteroatoms. The Bertz CT molecular complexity index is 465. The Kier molecular flexibility index (Phi) is 3.30. The number of anilines is 1. The maximum Gasteiger partial charge on any atom is 0.244 e. The lowest BCUT2D eigenvalue weighted by atomic mass is 9.96. The molecule has 3 N–H and O–H groups in total. The zero-order valence-corrected chi connectivity index (χ0v) is 11.1. The zero-order chi connectivity index (χ0) is 13.3. The lowest BCUT2D eigenvalue weighted by Gasteiger charge is -2.23. The van der Waals surface area contributed by atoms with Gasteiger partial charge < -0.3 is 15.8 Å². The van der Waals surface area contributed by atoms with Crippen LogP contribution in [0.2, 0.25) is 0 Å². The van der Waals surface area contributed by atoms with Crippen LogP contribution in [0, 0.1) is 12.8 Å². The van der Waals surface area contributed by atoms with Crippen molar-refractivity contribution < 1.29 is 9.53 Å². The summed E-state index contributed by atoms with van der Waals surface area (Å²) in [6.45, 7) is 3.77. The maximum absolute atomic E-state index is 12.2. The predicted molar refractivity (Wildman–Crippen MR) is 71.7 cm³/mol. The molecule has 0 saturated heterocycles. The molecule has 1 atom stereocenters. The SMILES string of the molecule is COc1cc(C)ccc1NC(=O)C(C)(N)C1CC1. The molecule has 98 valence electrons. The highest BCUT2D eigenvalue weighted by Gasteiger charge is 2.44. The van der Waals surface area contributed by atoms with E-state index < -0.39 is 5.54 Å². The third-order valence-corrected chi connectivity index (χ3v) is 3.52. The van der Waals surface area contributed by atoms with Gasteiger partial charge in [-0.3, -0.25) is 4.79 Å². The third-order valence-electron chi connectivity index (χ3n) is 3.52.